The van der Waals surface area contributed by atoms with Crippen LogP contribution in [0.4, 0.5) is 0 Å². The van der Waals surface area contributed by atoms with E-state index in [1.54, 1.807) is 44.2 Å². The van der Waals surface area contributed by atoms with Crippen molar-refractivity contribution in [3.63, 3.8) is 0 Å². The van der Waals surface area contributed by atoms with Gasteiger partial charge in [0.05, 0.1) is 6.42 Å². The molecule has 7 amide bonds. The summed E-state index contributed by atoms with van der Waals surface area (Å²) in [6, 6.07) is 1.37. The van der Waals surface area contributed by atoms with Crippen LogP contribution in [0.5, 0.6) is 0 Å². The maximum absolute atomic E-state index is 13.8. The molecular weight excluding hydrogens is 694 g/mol. The fraction of sp³-hybridized carbons (Fsp3) is 0.600. The number of hydrogen-bond acceptors (Lipinski definition) is 9. The number of carboxylic acid groups (broad SMARTS) is 1. The summed E-state index contributed by atoms with van der Waals surface area (Å²) in [4.78, 5) is 103. The van der Waals surface area contributed by atoms with Gasteiger partial charge in [-0.25, -0.2) is 0 Å². The van der Waals surface area contributed by atoms with Crippen molar-refractivity contribution in [2.45, 2.75) is 110 Å². The van der Waals surface area contributed by atoms with Gasteiger partial charge in [-0.15, -0.1) is 0 Å². The second-order valence-corrected chi connectivity index (χ2v) is 14.4. The van der Waals surface area contributed by atoms with Crippen LogP contribution in [0, 0.1) is 11.8 Å². The Morgan fingerprint density at radius 2 is 1.10 bits per heavy atom. The molecule has 9 N–H and O–H groups in total. The summed E-state index contributed by atoms with van der Waals surface area (Å²) in [5.74, 6) is -6.16. The largest absolute Gasteiger partial charge is 0.481 e. The molecule has 0 heterocycles. The van der Waals surface area contributed by atoms with E-state index in [4.69, 9.17) is 5.73 Å². The molecule has 0 bridgehead atoms. The molecule has 17 heteroatoms. The third-order valence-electron chi connectivity index (χ3n) is 7.70. The van der Waals surface area contributed by atoms with Crippen LogP contribution in [0.3, 0.4) is 0 Å². The highest BCUT2D eigenvalue weighted by atomic mass is 32.2. The van der Waals surface area contributed by atoms with Gasteiger partial charge in [-0.2, -0.15) is 11.8 Å². The molecule has 290 valence electrons. The van der Waals surface area contributed by atoms with Gasteiger partial charge in [0.2, 0.25) is 41.4 Å². The average molecular weight is 750 g/mol. The van der Waals surface area contributed by atoms with Gasteiger partial charge in [-0.1, -0.05) is 58.0 Å². The Hall–Kier alpha value is -4.67. The van der Waals surface area contributed by atoms with E-state index < -0.39 is 90.0 Å². The highest BCUT2D eigenvalue weighted by Gasteiger charge is 2.34. The maximum Gasteiger partial charge on any atom is 0.305 e. The summed E-state index contributed by atoms with van der Waals surface area (Å²) >= 11 is 1.47. The number of carboxylic acids is 1. The number of primary amides is 1. The van der Waals surface area contributed by atoms with E-state index in [0.29, 0.717) is 17.7 Å². The summed E-state index contributed by atoms with van der Waals surface area (Å²) < 4.78 is 0. The molecule has 1 aromatic rings. The van der Waals surface area contributed by atoms with Crippen LogP contribution in [-0.4, -0.2) is 101 Å². The highest BCUT2D eigenvalue weighted by Crippen LogP contribution is 2.11. The second kappa shape index (κ2) is 23.0. The van der Waals surface area contributed by atoms with Crippen LogP contribution in [0.25, 0.3) is 0 Å². The summed E-state index contributed by atoms with van der Waals surface area (Å²) in [7, 11) is 0. The minimum Gasteiger partial charge on any atom is -0.481 e. The molecule has 0 saturated heterocycles. The van der Waals surface area contributed by atoms with Crippen molar-refractivity contribution in [3.05, 3.63) is 35.9 Å². The molecule has 6 atom stereocenters. The number of amides is 7. The van der Waals surface area contributed by atoms with Crippen molar-refractivity contribution < 1.29 is 43.5 Å². The van der Waals surface area contributed by atoms with Gasteiger partial charge in [0, 0.05) is 13.3 Å². The molecule has 0 radical (unpaired) electrons. The fourth-order valence-corrected chi connectivity index (χ4v) is 5.54. The second-order valence-electron chi connectivity index (χ2n) is 13.5. The number of carbonyl (C=O) groups is 8. The van der Waals surface area contributed by atoms with Crippen molar-refractivity contribution in [1.82, 2.24) is 31.9 Å². The van der Waals surface area contributed by atoms with E-state index in [9.17, 15) is 43.5 Å². The quantitative estimate of drug-likeness (QED) is 0.0742. The molecule has 0 saturated carbocycles. The standard InChI is InChI=1S/C35H55N7O9S/c1-19(2)15-25(32(48)37-21(5)30(36)46)40-34(50)27(17-23-11-9-8-10-12-23)41-35(51)28(18-29(44)45)42-33(49)26(16-20(3)4)39-31(47)24(13-14-52-7)38-22(6)43/h8-12,19-21,24-28H,13-18H2,1-7H3,(H2,36,46)(H,37,48)(H,38,43)(H,39,47)(H,40,50)(H,41,51)(H,42,49)(H,44,45)/t21-,24-,25-,26-,27-,28-/m0/s1. The normalized spacial score (nSPS) is 14.5. The molecule has 0 fully saturated rings. The van der Waals surface area contributed by atoms with E-state index in [2.05, 4.69) is 31.9 Å². The van der Waals surface area contributed by atoms with Crippen LogP contribution in [-0.2, 0) is 44.8 Å². The van der Waals surface area contributed by atoms with Gasteiger partial charge in [0.1, 0.15) is 36.3 Å². The zero-order chi connectivity index (χ0) is 39.5. The molecule has 52 heavy (non-hydrogen) atoms. The summed E-state index contributed by atoms with van der Waals surface area (Å²) in [5.41, 5.74) is 5.92. The number of benzene rings is 1. The summed E-state index contributed by atoms with van der Waals surface area (Å²) in [6.07, 6.45) is 1.52. The first-order valence-electron chi connectivity index (χ1n) is 17.2. The van der Waals surface area contributed by atoms with E-state index in [1.807, 2.05) is 20.1 Å². The molecule has 0 spiro atoms. The molecule has 0 aliphatic rings. The number of nitrogens with one attached hydrogen (secondary N) is 6. The Morgan fingerprint density at radius 1 is 0.654 bits per heavy atom. The third-order valence-corrected chi connectivity index (χ3v) is 8.34. The molecule has 0 aliphatic heterocycles. The van der Waals surface area contributed by atoms with Gasteiger partial charge in [-0.3, -0.25) is 38.4 Å². The van der Waals surface area contributed by atoms with Crippen LogP contribution >= 0.6 is 11.8 Å². The summed E-state index contributed by atoms with van der Waals surface area (Å²) in [6.45, 7) is 9.93. The molecule has 1 aromatic carbocycles. The van der Waals surface area contributed by atoms with Gasteiger partial charge in [0.15, 0.2) is 0 Å². The highest BCUT2D eigenvalue weighted by molar-refractivity contribution is 7.98. The van der Waals surface area contributed by atoms with E-state index in [0.717, 1.165) is 0 Å². The SMILES string of the molecule is CSCC[C@H](NC(C)=O)C(=O)N[C@@H](CC(C)C)C(=O)N[C@@H](CC(=O)O)C(=O)N[C@@H](Cc1ccccc1)C(=O)N[C@@H](CC(C)C)C(=O)N[C@@H](C)C(N)=O. The van der Waals surface area contributed by atoms with Crippen LogP contribution < -0.4 is 37.6 Å². The lowest BCUT2D eigenvalue weighted by Crippen LogP contribution is -2.60. The van der Waals surface area contributed by atoms with Gasteiger partial charge in [-0.05, 0) is 55.6 Å². The zero-order valence-corrected chi connectivity index (χ0v) is 31.8. The van der Waals surface area contributed by atoms with Crippen LogP contribution in [0.2, 0.25) is 0 Å². The first-order valence-corrected chi connectivity index (χ1v) is 18.6. The molecule has 16 nitrogen and oxygen atoms in total. The number of hydrogen-bond donors (Lipinski definition) is 8. The zero-order valence-electron chi connectivity index (χ0n) is 30.9. The monoisotopic (exact) mass is 749 g/mol. The number of thioether (sulfide) groups is 1. The van der Waals surface area contributed by atoms with Crippen molar-refractivity contribution >= 4 is 59.1 Å². The van der Waals surface area contributed by atoms with Gasteiger partial charge >= 0.3 is 5.97 Å². The van der Waals surface area contributed by atoms with Crippen molar-refractivity contribution in [3.8, 4) is 0 Å². The maximum atomic E-state index is 13.8. The number of carbonyl (C=O) groups excluding carboxylic acids is 7. The predicted octanol–water partition coefficient (Wildman–Crippen LogP) is -0.0170. The van der Waals surface area contributed by atoms with Crippen LogP contribution in [0.15, 0.2) is 30.3 Å². The molecule has 0 aromatic heterocycles. The first kappa shape index (κ1) is 45.4. The lowest BCUT2D eigenvalue weighted by molar-refractivity contribution is -0.141. The van der Waals surface area contributed by atoms with Crippen molar-refractivity contribution in [2.24, 2.45) is 17.6 Å². The van der Waals surface area contributed by atoms with E-state index >= 15 is 0 Å². The van der Waals surface area contributed by atoms with Crippen molar-refractivity contribution in [1.29, 1.82) is 0 Å². The van der Waals surface area contributed by atoms with Gasteiger partial charge in [0.25, 0.3) is 0 Å². The predicted molar refractivity (Wildman–Crippen MR) is 196 cm³/mol. The Labute approximate surface area is 309 Å². The Bertz CT molecular complexity index is 1390. The smallest absolute Gasteiger partial charge is 0.305 e. The molecule has 0 aliphatic carbocycles. The number of rotatable bonds is 23. The van der Waals surface area contributed by atoms with Crippen LogP contribution in [0.1, 0.15) is 72.8 Å². The molecular formula is C35H55N7O9S. The van der Waals surface area contributed by atoms with E-state index in [1.165, 1.54) is 25.6 Å². The Morgan fingerprint density at radius 3 is 1.56 bits per heavy atom. The lowest BCUT2D eigenvalue weighted by atomic mass is 10.00. The number of nitrogens with two attached hydrogens (primary N) is 1. The summed E-state index contributed by atoms with van der Waals surface area (Å²) in [5, 5.41) is 25.0. The third kappa shape index (κ3) is 17.5. The Balaban J connectivity index is 3.38. The minimum atomic E-state index is -1.67. The molecule has 1 rings (SSSR count). The minimum absolute atomic E-state index is 0.0630. The first-order chi connectivity index (χ1) is 24.3. The molecule has 0 unspecified atom stereocenters. The fourth-order valence-electron chi connectivity index (χ4n) is 5.07. The number of aliphatic carboxylic acids is 1. The van der Waals surface area contributed by atoms with Gasteiger partial charge < -0.3 is 42.7 Å². The van der Waals surface area contributed by atoms with Crippen molar-refractivity contribution in [2.75, 3.05) is 12.0 Å². The lowest BCUT2D eigenvalue weighted by Gasteiger charge is -2.28. The average Bonchev–Trinajstić information content (AvgIpc) is 3.04. The topological polar surface area (TPSA) is 255 Å². The Kier molecular flexibility index (Phi) is 20.1. The van der Waals surface area contributed by atoms with E-state index in [-0.39, 0.29) is 31.1 Å².